The van der Waals surface area contributed by atoms with Gasteiger partial charge in [0.1, 0.15) is 18.1 Å². The van der Waals surface area contributed by atoms with E-state index in [0.717, 1.165) is 29.3 Å². The Labute approximate surface area is 201 Å². The molecule has 1 aliphatic carbocycles. The Morgan fingerprint density at radius 1 is 1.15 bits per heavy atom. The Morgan fingerprint density at radius 2 is 1.94 bits per heavy atom. The highest BCUT2D eigenvalue weighted by Crippen LogP contribution is 2.40. The highest BCUT2D eigenvalue weighted by Gasteiger charge is 2.37. The molecule has 3 aliphatic rings. The Balaban J connectivity index is 1.10. The number of hydrogen-bond donors (Lipinski definition) is 2. The summed E-state index contributed by atoms with van der Waals surface area (Å²) in [6.07, 6.45) is 2.78. The van der Waals surface area contributed by atoms with Crippen molar-refractivity contribution in [2.24, 2.45) is 5.41 Å². The molecule has 5 rings (SSSR count). The van der Waals surface area contributed by atoms with E-state index < -0.39 is 6.10 Å². The van der Waals surface area contributed by atoms with E-state index in [0.29, 0.717) is 45.2 Å². The molecule has 2 aromatic carbocycles. The van der Waals surface area contributed by atoms with Crippen molar-refractivity contribution in [3.05, 3.63) is 53.6 Å². The van der Waals surface area contributed by atoms with Crippen LogP contribution < -0.4 is 19.7 Å². The van der Waals surface area contributed by atoms with Crippen LogP contribution in [-0.4, -0.2) is 63.2 Å². The molecule has 3 fully saturated rings. The number of anilines is 1. The summed E-state index contributed by atoms with van der Waals surface area (Å²) in [6.45, 7) is 5.91. The molecule has 7 heteroatoms. The largest absolute Gasteiger partial charge is 0.492 e. The predicted molar refractivity (Wildman–Crippen MR) is 130 cm³/mol. The number of nitrogens with one attached hydrogen (secondary N) is 1. The van der Waals surface area contributed by atoms with Crippen LogP contribution in [0.3, 0.4) is 0 Å². The van der Waals surface area contributed by atoms with Crippen molar-refractivity contribution < 1.29 is 24.1 Å². The second kappa shape index (κ2) is 9.94. The molecule has 0 spiro atoms. The molecule has 2 aromatic rings. The molecule has 0 bridgehead atoms. The number of hydrogen-bond acceptors (Lipinski definition) is 6. The predicted octanol–water partition coefficient (Wildman–Crippen LogP) is 3.03. The van der Waals surface area contributed by atoms with E-state index in [1.54, 1.807) is 4.90 Å². The fourth-order valence-corrected chi connectivity index (χ4v) is 4.61. The Morgan fingerprint density at radius 3 is 2.59 bits per heavy atom. The van der Waals surface area contributed by atoms with Crippen LogP contribution in [0.1, 0.15) is 36.3 Å². The van der Waals surface area contributed by atoms with Crippen molar-refractivity contribution in [1.29, 1.82) is 0 Å². The van der Waals surface area contributed by atoms with E-state index in [1.165, 1.54) is 18.4 Å². The molecule has 34 heavy (non-hydrogen) atoms. The quantitative estimate of drug-likeness (QED) is 0.496. The molecule has 1 atom stereocenters. The van der Waals surface area contributed by atoms with Gasteiger partial charge in [-0.1, -0.05) is 12.1 Å². The van der Waals surface area contributed by atoms with Gasteiger partial charge in [-0.05, 0) is 67.1 Å². The second-order valence-electron chi connectivity index (χ2n) is 9.85. The zero-order valence-electron chi connectivity index (χ0n) is 19.8. The van der Waals surface area contributed by atoms with Gasteiger partial charge in [-0.15, -0.1) is 0 Å². The van der Waals surface area contributed by atoms with Gasteiger partial charge < -0.3 is 29.5 Å². The zero-order chi connectivity index (χ0) is 23.5. The number of carbonyl (C=O) groups excluding carboxylic acids is 1. The minimum absolute atomic E-state index is 0.00123. The smallest absolute Gasteiger partial charge is 0.268 e. The average molecular weight is 467 g/mol. The maximum Gasteiger partial charge on any atom is 0.268 e. The molecule has 2 aliphatic heterocycles. The minimum Gasteiger partial charge on any atom is -0.492 e. The topological polar surface area (TPSA) is 80.3 Å². The maximum atomic E-state index is 13.0. The highest BCUT2D eigenvalue weighted by atomic mass is 16.5. The van der Waals surface area contributed by atoms with Gasteiger partial charge in [0, 0.05) is 31.7 Å². The second-order valence-corrected chi connectivity index (χ2v) is 9.85. The van der Waals surface area contributed by atoms with Crippen molar-refractivity contribution in [3.8, 4) is 11.5 Å². The summed E-state index contributed by atoms with van der Waals surface area (Å²) in [6, 6.07) is 14.1. The van der Waals surface area contributed by atoms with Crippen molar-refractivity contribution >= 4 is 11.6 Å². The first-order valence-corrected chi connectivity index (χ1v) is 12.3. The molecule has 0 aromatic heterocycles. The number of rotatable bonds is 11. The zero-order valence-corrected chi connectivity index (χ0v) is 19.8. The van der Waals surface area contributed by atoms with E-state index in [4.69, 9.17) is 14.2 Å². The van der Waals surface area contributed by atoms with Crippen LogP contribution in [0.4, 0.5) is 5.69 Å². The summed E-state index contributed by atoms with van der Waals surface area (Å²) in [5.74, 6) is 2.28. The van der Waals surface area contributed by atoms with Gasteiger partial charge in [-0.3, -0.25) is 4.79 Å². The first-order valence-electron chi connectivity index (χ1n) is 12.3. The summed E-state index contributed by atoms with van der Waals surface area (Å²) in [5, 5.41) is 12.8. The molecule has 0 radical (unpaired) electrons. The van der Waals surface area contributed by atoms with Crippen LogP contribution in [0.15, 0.2) is 42.5 Å². The minimum atomic E-state index is -0.447. The van der Waals surface area contributed by atoms with Gasteiger partial charge in [-0.2, -0.15) is 0 Å². The standard InChI is InChI=1S/C27H34N2O5/c1-19-14-22(6-9-24(19)33-13-11-28-15-27(16-30)17-32-18-27)29-12-10-25(26(29)31)34-23-7-4-21(5-8-23)20-2-3-20/h4-9,14,20,25,28,30H,2-3,10-13,15-18H2,1H3/t25-/m0/s1. The van der Waals surface area contributed by atoms with Crippen LogP contribution in [0.5, 0.6) is 11.5 Å². The van der Waals surface area contributed by atoms with Crippen LogP contribution in [0.25, 0.3) is 0 Å². The summed E-state index contributed by atoms with van der Waals surface area (Å²) in [5.41, 5.74) is 3.09. The lowest BCUT2D eigenvalue weighted by Gasteiger charge is -2.40. The number of aryl methyl sites for hydroxylation is 1. The number of carbonyl (C=O) groups is 1. The molecule has 2 heterocycles. The number of amides is 1. The fraction of sp³-hybridized carbons (Fsp3) is 0.519. The number of aliphatic hydroxyl groups excluding tert-OH is 1. The lowest BCUT2D eigenvalue weighted by Crippen LogP contribution is -2.52. The molecule has 7 nitrogen and oxygen atoms in total. The third kappa shape index (κ3) is 5.06. The molecular formula is C27H34N2O5. The lowest BCUT2D eigenvalue weighted by molar-refractivity contribution is -0.134. The third-order valence-electron chi connectivity index (χ3n) is 7.02. The summed E-state index contributed by atoms with van der Waals surface area (Å²) >= 11 is 0. The van der Waals surface area contributed by atoms with Crippen LogP contribution in [0, 0.1) is 12.3 Å². The van der Waals surface area contributed by atoms with Gasteiger partial charge in [0.15, 0.2) is 6.10 Å². The van der Waals surface area contributed by atoms with Crippen LogP contribution >= 0.6 is 0 Å². The van der Waals surface area contributed by atoms with E-state index in [9.17, 15) is 9.90 Å². The molecule has 2 saturated heterocycles. The van der Waals surface area contributed by atoms with Gasteiger partial charge >= 0.3 is 0 Å². The first kappa shape index (κ1) is 23.1. The Hall–Kier alpha value is -2.61. The molecular weight excluding hydrogens is 432 g/mol. The lowest BCUT2D eigenvalue weighted by atomic mass is 9.87. The number of nitrogens with zero attached hydrogens (tertiary/aromatic N) is 1. The van der Waals surface area contributed by atoms with E-state index >= 15 is 0 Å². The number of benzene rings is 2. The Bertz CT molecular complexity index is 995. The number of ether oxygens (including phenoxy) is 3. The molecule has 2 N–H and O–H groups in total. The monoisotopic (exact) mass is 466 g/mol. The molecule has 1 amide bonds. The summed E-state index contributed by atoms with van der Waals surface area (Å²) in [4.78, 5) is 14.8. The van der Waals surface area contributed by atoms with Crippen molar-refractivity contribution in [3.63, 3.8) is 0 Å². The van der Waals surface area contributed by atoms with E-state index in [-0.39, 0.29) is 17.9 Å². The molecule has 182 valence electrons. The average Bonchev–Trinajstić information content (AvgIpc) is 3.61. The van der Waals surface area contributed by atoms with Crippen molar-refractivity contribution in [1.82, 2.24) is 5.32 Å². The SMILES string of the molecule is Cc1cc(N2CC[C@H](Oc3ccc(C4CC4)cc3)C2=O)ccc1OCCNCC1(CO)COC1. The first-order chi connectivity index (χ1) is 16.6. The normalized spacial score (nSPS) is 21.4. The van der Waals surface area contributed by atoms with Crippen LogP contribution in [0.2, 0.25) is 0 Å². The van der Waals surface area contributed by atoms with Gasteiger partial charge in [0.05, 0.1) is 25.2 Å². The fourth-order valence-electron chi connectivity index (χ4n) is 4.61. The van der Waals surface area contributed by atoms with Gasteiger partial charge in [0.25, 0.3) is 5.91 Å². The van der Waals surface area contributed by atoms with E-state index in [2.05, 4.69) is 17.4 Å². The molecule has 0 unspecified atom stereocenters. The van der Waals surface area contributed by atoms with E-state index in [1.807, 2.05) is 37.3 Å². The summed E-state index contributed by atoms with van der Waals surface area (Å²) < 4.78 is 17.2. The maximum absolute atomic E-state index is 13.0. The number of aliphatic hydroxyl groups is 1. The highest BCUT2D eigenvalue weighted by molar-refractivity contribution is 5.99. The van der Waals surface area contributed by atoms with Crippen LogP contribution in [-0.2, 0) is 9.53 Å². The van der Waals surface area contributed by atoms with Gasteiger partial charge in [-0.25, -0.2) is 0 Å². The third-order valence-corrected chi connectivity index (χ3v) is 7.02. The molecule has 1 saturated carbocycles. The Kier molecular flexibility index (Phi) is 6.77. The van der Waals surface area contributed by atoms with Crippen molar-refractivity contribution in [2.75, 3.05) is 51.0 Å². The van der Waals surface area contributed by atoms with Crippen molar-refractivity contribution in [2.45, 2.75) is 38.2 Å². The van der Waals surface area contributed by atoms with Gasteiger partial charge in [0.2, 0.25) is 0 Å². The summed E-state index contributed by atoms with van der Waals surface area (Å²) in [7, 11) is 0.